The molecule has 0 fully saturated rings. The van der Waals surface area contributed by atoms with Crippen molar-refractivity contribution in [1.82, 2.24) is 9.97 Å². The Balaban J connectivity index is 2.27. The maximum atomic E-state index is 5.53. The van der Waals surface area contributed by atoms with E-state index < -0.39 is 0 Å². The molecule has 0 saturated carbocycles. The summed E-state index contributed by atoms with van der Waals surface area (Å²) in [6.45, 7) is 4.22. The molecular formula is C12H15N3. The van der Waals surface area contributed by atoms with Crippen LogP contribution < -0.4 is 5.73 Å². The number of rotatable bonds is 2. The highest BCUT2D eigenvalue weighted by Gasteiger charge is 2.02. The minimum Gasteiger partial charge on any atom is -0.369 e. The first kappa shape index (κ1) is 9.77. The SMILES string of the molecule is Cc1ccc(C)c(Cc2cnc(N)[nH]2)c1. The van der Waals surface area contributed by atoms with Gasteiger partial charge in [-0.05, 0) is 25.0 Å². The van der Waals surface area contributed by atoms with Crippen LogP contribution >= 0.6 is 0 Å². The van der Waals surface area contributed by atoms with E-state index in [0.29, 0.717) is 5.95 Å². The van der Waals surface area contributed by atoms with Gasteiger partial charge in [0.25, 0.3) is 0 Å². The van der Waals surface area contributed by atoms with E-state index in [1.165, 1.54) is 16.7 Å². The molecule has 3 N–H and O–H groups in total. The molecule has 0 radical (unpaired) electrons. The first-order valence-electron chi connectivity index (χ1n) is 5.00. The Morgan fingerprint density at radius 1 is 1.33 bits per heavy atom. The summed E-state index contributed by atoms with van der Waals surface area (Å²) in [5.41, 5.74) is 10.5. The summed E-state index contributed by atoms with van der Waals surface area (Å²) in [4.78, 5) is 7.02. The topological polar surface area (TPSA) is 54.7 Å². The molecule has 3 nitrogen and oxygen atoms in total. The predicted molar refractivity (Wildman–Crippen MR) is 61.7 cm³/mol. The van der Waals surface area contributed by atoms with E-state index in [4.69, 9.17) is 5.73 Å². The van der Waals surface area contributed by atoms with Gasteiger partial charge in [-0.25, -0.2) is 4.98 Å². The van der Waals surface area contributed by atoms with Crippen molar-refractivity contribution in [1.29, 1.82) is 0 Å². The Morgan fingerprint density at radius 3 is 2.80 bits per heavy atom. The maximum absolute atomic E-state index is 5.53. The highest BCUT2D eigenvalue weighted by atomic mass is 15.0. The predicted octanol–water partition coefficient (Wildman–Crippen LogP) is 2.20. The number of nitrogen functional groups attached to an aromatic ring is 1. The normalized spacial score (nSPS) is 10.5. The Kier molecular flexibility index (Phi) is 2.46. The second-order valence-corrected chi connectivity index (χ2v) is 3.90. The zero-order valence-electron chi connectivity index (χ0n) is 9.04. The van der Waals surface area contributed by atoms with Gasteiger partial charge in [0.1, 0.15) is 0 Å². The molecule has 0 spiro atoms. The molecule has 0 aliphatic rings. The maximum Gasteiger partial charge on any atom is 0.197 e. The van der Waals surface area contributed by atoms with Gasteiger partial charge in [-0.2, -0.15) is 0 Å². The van der Waals surface area contributed by atoms with Gasteiger partial charge in [0.15, 0.2) is 5.95 Å². The molecule has 2 aromatic rings. The number of aromatic nitrogens is 2. The third-order valence-electron chi connectivity index (χ3n) is 2.53. The molecule has 3 heteroatoms. The third kappa shape index (κ3) is 2.18. The molecule has 1 aromatic carbocycles. The van der Waals surface area contributed by atoms with Crippen molar-refractivity contribution in [3.8, 4) is 0 Å². The Morgan fingerprint density at radius 2 is 2.13 bits per heavy atom. The summed E-state index contributed by atoms with van der Waals surface area (Å²) in [6.07, 6.45) is 2.65. The minimum absolute atomic E-state index is 0.482. The van der Waals surface area contributed by atoms with E-state index in [9.17, 15) is 0 Å². The van der Waals surface area contributed by atoms with E-state index in [1.54, 1.807) is 6.20 Å². The van der Waals surface area contributed by atoms with Gasteiger partial charge in [0.05, 0.1) is 6.20 Å². The van der Waals surface area contributed by atoms with Crippen molar-refractivity contribution in [2.45, 2.75) is 20.3 Å². The standard InChI is InChI=1S/C12H15N3/c1-8-3-4-9(2)10(5-8)6-11-7-14-12(13)15-11/h3-5,7H,6H2,1-2H3,(H3,13,14,15). The number of nitrogens with one attached hydrogen (secondary N) is 1. The number of nitrogens with two attached hydrogens (primary N) is 1. The second-order valence-electron chi connectivity index (χ2n) is 3.90. The monoisotopic (exact) mass is 201 g/mol. The zero-order valence-corrected chi connectivity index (χ0v) is 9.04. The molecule has 78 valence electrons. The van der Waals surface area contributed by atoms with Crippen molar-refractivity contribution < 1.29 is 0 Å². The molecule has 0 amide bonds. The molecule has 0 aliphatic heterocycles. The summed E-state index contributed by atoms with van der Waals surface area (Å²) >= 11 is 0. The number of hydrogen-bond acceptors (Lipinski definition) is 2. The van der Waals surface area contributed by atoms with Gasteiger partial charge in [0, 0.05) is 12.1 Å². The zero-order chi connectivity index (χ0) is 10.8. The van der Waals surface area contributed by atoms with E-state index in [0.717, 1.165) is 12.1 Å². The molecular weight excluding hydrogens is 186 g/mol. The van der Waals surface area contributed by atoms with Crippen molar-refractivity contribution in [2.24, 2.45) is 0 Å². The van der Waals surface area contributed by atoms with Crippen LogP contribution in [-0.4, -0.2) is 9.97 Å². The van der Waals surface area contributed by atoms with E-state index in [2.05, 4.69) is 42.0 Å². The summed E-state index contributed by atoms with van der Waals surface area (Å²) < 4.78 is 0. The summed E-state index contributed by atoms with van der Waals surface area (Å²) in [5.74, 6) is 0.482. The Labute approximate surface area is 89.4 Å². The van der Waals surface area contributed by atoms with E-state index >= 15 is 0 Å². The molecule has 0 bridgehead atoms. The lowest BCUT2D eigenvalue weighted by atomic mass is 10.0. The van der Waals surface area contributed by atoms with Crippen LogP contribution in [-0.2, 0) is 6.42 Å². The molecule has 1 aromatic heterocycles. The number of benzene rings is 1. The fourth-order valence-electron chi connectivity index (χ4n) is 1.66. The lowest BCUT2D eigenvalue weighted by Crippen LogP contribution is -1.93. The number of imidazole rings is 1. The lowest BCUT2D eigenvalue weighted by Gasteiger charge is -2.05. The minimum atomic E-state index is 0.482. The molecule has 2 rings (SSSR count). The van der Waals surface area contributed by atoms with E-state index in [1.807, 2.05) is 0 Å². The van der Waals surface area contributed by atoms with Crippen LogP contribution in [0.5, 0.6) is 0 Å². The van der Waals surface area contributed by atoms with Crippen LogP contribution in [0.3, 0.4) is 0 Å². The fraction of sp³-hybridized carbons (Fsp3) is 0.250. The number of aromatic amines is 1. The second kappa shape index (κ2) is 3.77. The number of nitrogens with zero attached hydrogens (tertiary/aromatic N) is 1. The van der Waals surface area contributed by atoms with Gasteiger partial charge in [-0.15, -0.1) is 0 Å². The van der Waals surface area contributed by atoms with Crippen LogP contribution in [0.15, 0.2) is 24.4 Å². The number of H-pyrrole nitrogens is 1. The smallest absolute Gasteiger partial charge is 0.197 e. The van der Waals surface area contributed by atoms with Gasteiger partial charge in [-0.1, -0.05) is 23.8 Å². The number of hydrogen-bond donors (Lipinski definition) is 2. The number of aryl methyl sites for hydroxylation is 2. The molecule has 0 aliphatic carbocycles. The van der Waals surface area contributed by atoms with Crippen LogP contribution in [0.25, 0.3) is 0 Å². The molecule has 0 atom stereocenters. The van der Waals surface area contributed by atoms with Crippen LogP contribution in [0.4, 0.5) is 5.95 Å². The summed E-state index contributed by atoms with van der Waals surface area (Å²) in [7, 11) is 0. The van der Waals surface area contributed by atoms with Gasteiger partial charge >= 0.3 is 0 Å². The molecule has 0 saturated heterocycles. The molecule has 0 unspecified atom stereocenters. The average Bonchev–Trinajstić information content (AvgIpc) is 2.58. The van der Waals surface area contributed by atoms with Gasteiger partial charge in [-0.3, -0.25) is 0 Å². The number of anilines is 1. The van der Waals surface area contributed by atoms with Crippen LogP contribution in [0.1, 0.15) is 22.4 Å². The quantitative estimate of drug-likeness (QED) is 0.782. The largest absolute Gasteiger partial charge is 0.369 e. The highest BCUT2D eigenvalue weighted by molar-refractivity contribution is 5.34. The van der Waals surface area contributed by atoms with Gasteiger partial charge < -0.3 is 10.7 Å². The van der Waals surface area contributed by atoms with Crippen molar-refractivity contribution in [2.75, 3.05) is 5.73 Å². The molecule has 15 heavy (non-hydrogen) atoms. The first-order valence-corrected chi connectivity index (χ1v) is 5.00. The van der Waals surface area contributed by atoms with Gasteiger partial charge in [0.2, 0.25) is 0 Å². The highest BCUT2D eigenvalue weighted by Crippen LogP contribution is 2.14. The fourth-order valence-corrected chi connectivity index (χ4v) is 1.66. The van der Waals surface area contributed by atoms with Crippen molar-refractivity contribution in [3.05, 3.63) is 46.8 Å². The van der Waals surface area contributed by atoms with Crippen molar-refractivity contribution >= 4 is 5.95 Å². The van der Waals surface area contributed by atoms with Crippen molar-refractivity contribution in [3.63, 3.8) is 0 Å². The molecule has 1 heterocycles. The van der Waals surface area contributed by atoms with E-state index in [-0.39, 0.29) is 0 Å². The Hall–Kier alpha value is -1.77. The van der Waals surface area contributed by atoms with Crippen LogP contribution in [0.2, 0.25) is 0 Å². The average molecular weight is 201 g/mol. The summed E-state index contributed by atoms with van der Waals surface area (Å²) in [6, 6.07) is 6.47. The third-order valence-corrected chi connectivity index (χ3v) is 2.53. The summed E-state index contributed by atoms with van der Waals surface area (Å²) in [5, 5.41) is 0. The Bertz CT molecular complexity index is 471. The first-order chi connectivity index (χ1) is 7.15. The van der Waals surface area contributed by atoms with Crippen LogP contribution in [0, 0.1) is 13.8 Å². The lowest BCUT2D eigenvalue weighted by molar-refractivity contribution is 1.08.